The van der Waals surface area contributed by atoms with Gasteiger partial charge in [0.15, 0.2) is 5.96 Å². The molecule has 2 aliphatic carbocycles. The molecule has 0 aromatic heterocycles. The van der Waals surface area contributed by atoms with E-state index < -0.39 is 0 Å². The van der Waals surface area contributed by atoms with Crippen LogP contribution in [0.3, 0.4) is 0 Å². The number of amides is 1. The van der Waals surface area contributed by atoms with E-state index in [2.05, 4.69) is 34.1 Å². The Balaban J connectivity index is 0.00000312. The zero-order valence-electron chi connectivity index (χ0n) is 15.7. The van der Waals surface area contributed by atoms with E-state index in [1.807, 2.05) is 11.8 Å². The summed E-state index contributed by atoms with van der Waals surface area (Å²) >= 11 is 1.97. The van der Waals surface area contributed by atoms with E-state index in [4.69, 9.17) is 0 Å². The molecule has 0 aromatic carbocycles. The minimum absolute atomic E-state index is 0. The maximum absolute atomic E-state index is 11.9. The molecule has 146 valence electrons. The van der Waals surface area contributed by atoms with Gasteiger partial charge in [-0.05, 0) is 51.2 Å². The van der Waals surface area contributed by atoms with Crippen molar-refractivity contribution in [1.29, 1.82) is 0 Å². The molecular weight excluding hydrogens is 447 g/mol. The van der Waals surface area contributed by atoms with E-state index in [-0.39, 0.29) is 29.9 Å². The lowest BCUT2D eigenvalue weighted by atomic mass is 10.0. The predicted octanol–water partition coefficient (Wildman–Crippen LogP) is 3.14. The standard InChI is InChI=1S/C18H34N4OS.HI/c1-3-19-18(22-15-8-9-16(13-15)24-2)21-11-10-20-17(23)12-14-6-4-5-7-14;/h14-16H,3-13H2,1-2H3,(H,20,23)(H2,19,21,22);1H. The van der Waals surface area contributed by atoms with Gasteiger partial charge in [0.1, 0.15) is 0 Å². The zero-order valence-corrected chi connectivity index (χ0v) is 18.8. The third kappa shape index (κ3) is 8.84. The van der Waals surface area contributed by atoms with E-state index in [0.717, 1.165) is 17.8 Å². The average Bonchev–Trinajstić information content (AvgIpc) is 3.23. The number of aliphatic imine (C=N–C) groups is 1. The molecule has 0 heterocycles. The van der Waals surface area contributed by atoms with Crippen LogP contribution in [0.1, 0.15) is 58.3 Å². The van der Waals surface area contributed by atoms with Gasteiger partial charge in [-0.25, -0.2) is 0 Å². The lowest BCUT2D eigenvalue weighted by Gasteiger charge is -2.17. The van der Waals surface area contributed by atoms with Crippen molar-refractivity contribution in [2.24, 2.45) is 10.9 Å². The lowest BCUT2D eigenvalue weighted by Crippen LogP contribution is -2.43. The molecule has 0 aromatic rings. The second-order valence-corrected chi connectivity index (χ2v) is 8.12. The molecule has 7 heteroatoms. The van der Waals surface area contributed by atoms with Crippen molar-refractivity contribution in [3.63, 3.8) is 0 Å². The highest BCUT2D eigenvalue weighted by Crippen LogP contribution is 2.28. The molecule has 2 saturated carbocycles. The van der Waals surface area contributed by atoms with Gasteiger partial charge in [-0.15, -0.1) is 24.0 Å². The third-order valence-electron chi connectivity index (χ3n) is 5.06. The van der Waals surface area contributed by atoms with Crippen LogP contribution in [0.4, 0.5) is 0 Å². The molecule has 1 amide bonds. The first-order valence-corrected chi connectivity index (χ1v) is 10.8. The smallest absolute Gasteiger partial charge is 0.220 e. The first kappa shape index (κ1) is 22.9. The topological polar surface area (TPSA) is 65.5 Å². The third-order valence-corrected chi connectivity index (χ3v) is 6.15. The average molecular weight is 482 g/mol. The summed E-state index contributed by atoms with van der Waals surface area (Å²) in [5.41, 5.74) is 0. The quantitative estimate of drug-likeness (QED) is 0.215. The Kier molecular flexibility index (Phi) is 11.9. The number of guanidine groups is 1. The summed E-state index contributed by atoms with van der Waals surface area (Å²) in [5, 5.41) is 10.6. The van der Waals surface area contributed by atoms with Gasteiger partial charge in [-0.3, -0.25) is 9.79 Å². The summed E-state index contributed by atoms with van der Waals surface area (Å²) in [6.07, 6.45) is 11.6. The Bertz CT molecular complexity index is 416. The summed E-state index contributed by atoms with van der Waals surface area (Å²) in [7, 11) is 0. The van der Waals surface area contributed by atoms with E-state index in [0.29, 0.717) is 31.5 Å². The number of rotatable bonds is 8. The van der Waals surface area contributed by atoms with Crippen LogP contribution >= 0.6 is 35.7 Å². The van der Waals surface area contributed by atoms with Gasteiger partial charge in [0.25, 0.3) is 0 Å². The highest BCUT2D eigenvalue weighted by molar-refractivity contribution is 14.0. The van der Waals surface area contributed by atoms with Crippen LogP contribution in [0, 0.1) is 5.92 Å². The number of nitrogens with zero attached hydrogens (tertiary/aromatic N) is 1. The van der Waals surface area contributed by atoms with Crippen LogP contribution in [0.2, 0.25) is 0 Å². The Hall–Kier alpha value is -0.180. The number of halogens is 1. The van der Waals surface area contributed by atoms with Gasteiger partial charge in [-0.2, -0.15) is 11.8 Å². The van der Waals surface area contributed by atoms with E-state index in [1.54, 1.807) is 0 Å². The molecule has 0 saturated heterocycles. The van der Waals surface area contributed by atoms with Crippen molar-refractivity contribution < 1.29 is 4.79 Å². The van der Waals surface area contributed by atoms with Crippen LogP contribution in [0.25, 0.3) is 0 Å². The molecule has 2 aliphatic rings. The second kappa shape index (κ2) is 13.1. The zero-order chi connectivity index (χ0) is 17.2. The molecule has 5 nitrogen and oxygen atoms in total. The first-order chi connectivity index (χ1) is 11.7. The molecule has 0 radical (unpaired) electrons. The highest BCUT2D eigenvalue weighted by Gasteiger charge is 2.24. The Morgan fingerprint density at radius 3 is 2.56 bits per heavy atom. The molecule has 0 aliphatic heterocycles. The van der Waals surface area contributed by atoms with Gasteiger partial charge in [0.2, 0.25) is 5.91 Å². The maximum atomic E-state index is 11.9. The van der Waals surface area contributed by atoms with Gasteiger partial charge in [-0.1, -0.05) is 12.8 Å². The maximum Gasteiger partial charge on any atom is 0.220 e. The van der Waals surface area contributed by atoms with Crippen molar-refractivity contribution >= 4 is 47.6 Å². The van der Waals surface area contributed by atoms with Crippen molar-refractivity contribution in [3.05, 3.63) is 0 Å². The molecule has 0 bridgehead atoms. The van der Waals surface area contributed by atoms with Gasteiger partial charge in [0.05, 0.1) is 6.54 Å². The van der Waals surface area contributed by atoms with E-state index in [1.165, 1.54) is 44.9 Å². The molecule has 25 heavy (non-hydrogen) atoms. The molecule has 2 rings (SSSR count). The lowest BCUT2D eigenvalue weighted by molar-refractivity contribution is -0.121. The fourth-order valence-corrected chi connectivity index (χ4v) is 4.51. The van der Waals surface area contributed by atoms with Crippen molar-refractivity contribution in [2.75, 3.05) is 25.9 Å². The van der Waals surface area contributed by atoms with Crippen LogP contribution in [-0.2, 0) is 4.79 Å². The van der Waals surface area contributed by atoms with Gasteiger partial charge in [0, 0.05) is 30.8 Å². The summed E-state index contributed by atoms with van der Waals surface area (Å²) in [6, 6.07) is 0.525. The van der Waals surface area contributed by atoms with Crippen LogP contribution in [0.5, 0.6) is 0 Å². The van der Waals surface area contributed by atoms with Gasteiger partial charge >= 0.3 is 0 Å². The number of hydrogen-bond donors (Lipinski definition) is 3. The number of thioether (sulfide) groups is 1. The molecule has 3 N–H and O–H groups in total. The monoisotopic (exact) mass is 482 g/mol. The summed E-state index contributed by atoms with van der Waals surface area (Å²) < 4.78 is 0. The Morgan fingerprint density at radius 1 is 1.16 bits per heavy atom. The van der Waals surface area contributed by atoms with E-state index in [9.17, 15) is 4.79 Å². The molecular formula is C18H35IN4OS. The summed E-state index contributed by atoms with van der Waals surface area (Å²) in [6.45, 7) is 4.20. The Morgan fingerprint density at radius 2 is 1.92 bits per heavy atom. The van der Waals surface area contributed by atoms with Crippen molar-refractivity contribution in [1.82, 2.24) is 16.0 Å². The Labute approximate surface area is 174 Å². The summed E-state index contributed by atoms with van der Waals surface area (Å²) in [5.74, 6) is 1.68. The molecule has 2 atom stereocenters. The van der Waals surface area contributed by atoms with Gasteiger partial charge < -0.3 is 16.0 Å². The number of carbonyl (C=O) groups is 1. The minimum Gasteiger partial charge on any atom is -0.357 e. The first-order valence-electron chi connectivity index (χ1n) is 9.55. The fraction of sp³-hybridized carbons (Fsp3) is 0.889. The molecule has 2 fully saturated rings. The SMILES string of the molecule is CCNC(=NCCNC(=O)CC1CCCC1)NC1CCC(SC)C1.I. The minimum atomic E-state index is 0. The normalized spacial score (nSPS) is 24.0. The number of hydrogen-bond acceptors (Lipinski definition) is 3. The second-order valence-electron chi connectivity index (χ2n) is 6.98. The molecule has 2 unspecified atom stereocenters. The van der Waals surface area contributed by atoms with Crippen molar-refractivity contribution in [3.8, 4) is 0 Å². The van der Waals surface area contributed by atoms with Crippen molar-refractivity contribution in [2.45, 2.75) is 69.6 Å². The fourth-order valence-electron chi connectivity index (χ4n) is 3.71. The summed E-state index contributed by atoms with van der Waals surface area (Å²) in [4.78, 5) is 16.5. The number of carbonyl (C=O) groups excluding carboxylic acids is 1. The highest BCUT2D eigenvalue weighted by atomic mass is 127. The largest absolute Gasteiger partial charge is 0.357 e. The van der Waals surface area contributed by atoms with Crippen LogP contribution < -0.4 is 16.0 Å². The van der Waals surface area contributed by atoms with Crippen LogP contribution in [0.15, 0.2) is 4.99 Å². The van der Waals surface area contributed by atoms with E-state index >= 15 is 0 Å². The predicted molar refractivity (Wildman–Crippen MR) is 119 cm³/mol. The van der Waals surface area contributed by atoms with Crippen LogP contribution in [-0.4, -0.2) is 49.0 Å². The number of nitrogens with one attached hydrogen (secondary N) is 3. The molecule has 0 spiro atoms.